The van der Waals surface area contributed by atoms with Gasteiger partial charge in [-0.15, -0.1) is 0 Å². The SMILES string of the molecule is CCOC(=O)[C@H]1CSCC12CN(C(=O)OC(C)(C)C)C2. The Bertz CT molecular complexity index is 398. The molecule has 0 saturated carbocycles. The highest BCUT2D eigenvalue weighted by molar-refractivity contribution is 7.99. The summed E-state index contributed by atoms with van der Waals surface area (Å²) in [5.74, 6) is 1.49. The molecule has 2 saturated heterocycles. The minimum absolute atomic E-state index is 0.0915. The van der Waals surface area contributed by atoms with E-state index in [1.165, 1.54) is 0 Å². The van der Waals surface area contributed by atoms with Gasteiger partial charge in [-0.3, -0.25) is 4.79 Å². The van der Waals surface area contributed by atoms with E-state index >= 15 is 0 Å². The van der Waals surface area contributed by atoms with E-state index in [1.54, 1.807) is 16.7 Å². The third kappa shape index (κ3) is 3.05. The second kappa shape index (κ2) is 5.47. The largest absolute Gasteiger partial charge is 0.466 e. The van der Waals surface area contributed by atoms with Crippen molar-refractivity contribution >= 4 is 23.8 Å². The van der Waals surface area contributed by atoms with Crippen molar-refractivity contribution < 1.29 is 19.1 Å². The molecule has 1 amide bonds. The van der Waals surface area contributed by atoms with Crippen LogP contribution in [0.1, 0.15) is 27.7 Å². The number of thioether (sulfide) groups is 1. The van der Waals surface area contributed by atoms with Gasteiger partial charge in [-0.05, 0) is 27.7 Å². The summed E-state index contributed by atoms with van der Waals surface area (Å²) in [6, 6.07) is 0. The van der Waals surface area contributed by atoms with Crippen LogP contribution in [0.2, 0.25) is 0 Å². The van der Waals surface area contributed by atoms with E-state index in [-0.39, 0.29) is 23.4 Å². The quantitative estimate of drug-likeness (QED) is 0.732. The van der Waals surface area contributed by atoms with Gasteiger partial charge in [0.2, 0.25) is 0 Å². The average molecular weight is 301 g/mol. The third-order valence-electron chi connectivity index (χ3n) is 3.65. The number of esters is 1. The van der Waals surface area contributed by atoms with Crippen molar-refractivity contribution in [3.05, 3.63) is 0 Å². The smallest absolute Gasteiger partial charge is 0.410 e. The first-order valence-electron chi connectivity index (χ1n) is 7.00. The summed E-state index contributed by atoms with van der Waals surface area (Å²) in [6.07, 6.45) is -0.289. The van der Waals surface area contributed by atoms with Crippen LogP contribution in [0.4, 0.5) is 4.79 Å². The van der Waals surface area contributed by atoms with E-state index in [1.807, 2.05) is 27.7 Å². The van der Waals surface area contributed by atoms with Crippen molar-refractivity contribution in [3.8, 4) is 0 Å². The summed E-state index contributed by atoms with van der Waals surface area (Å²) in [6.45, 7) is 8.98. The first kappa shape index (κ1) is 15.5. The fraction of sp³-hybridized carbons (Fsp3) is 0.857. The molecule has 114 valence electrons. The zero-order valence-corrected chi connectivity index (χ0v) is 13.4. The molecule has 0 radical (unpaired) electrons. The Balaban J connectivity index is 1.93. The second-order valence-electron chi connectivity index (χ2n) is 6.52. The highest BCUT2D eigenvalue weighted by atomic mass is 32.2. The highest BCUT2D eigenvalue weighted by Gasteiger charge is 2.57. The number of carbonyl (C=O) groups is 2. The molecule has 0 aromatic heterocycles. The molecule has 5 nitrogen and oxygen atoms in total. The molecule has 2 rings (SSSR count). The number of carbonyl (C=O) groups excluding carboxylic acids is 2. The molecule has 20 heavy (non-hydrogen) atoms. The van der Waals surface area contributed by atoms with Gasteiger partial charge in [0.1, 0.15) is 5.60 Å². The van der Waals surface area contributed by atoms with E-state index < -0.39 is 5.60 Å². The van der Waals surface area contributed by atoms with Gasteiger partial charge >= 0.3 is 12.1 Å². The molecule has 0 bridgehead atoms. The molecule has 6 heteroatoms. The fourth-order valence-electron chi connectivity index (χ4n) is 2.70. The lowest BCUT2D eigenvalue weighted by molar-refractivity contribution is -0.155. The summed E-state index contributed by atoms with van der Waals surface area (Å²) in [5, 5.41) is 0. The first-order chi connectivity index (χ1) is 9.27. The van der Waals surface area contributed by atoms with Crippen LogP contribution >= 0.6 is 11.8 Å². The lowest BCUT2D eigenvalue weighted by atomic mass is 9.72. The molecular formula is C14H23NO4S. The Hall–Kier alpha value is -0.910. The number of nitrogens with zero attached hydrogens (tertiary/aromatic N) is 1. The van der Waals surface area contributed by atoms with Gasteiger partial charge in [0.05, 0.1) is 12.5 Å². The van der Waals surface area contributed by atoms with Crippen molar-refractivity contribution in [2.24, 2.45) is 11.3 Å². The highest BCUT2D eigenvalue weighted by Crippen LogP contribution is 2.48. The lowest BCUT2D eigenvalue weighted by Crippen LogP contribution is -2.63. The number of hydrogen-bond donors (Lipinski definition) is 0. The third-order valence-corrected chi connectivity index (χ3v) is 5.00. The number of likely N-dealkylation sites (tertiary alicyclic amines) is 1. The van der Waals surface area contributed by atoms with Gasteiger partial charge in [-0.25, -0.2) is 4.79 Å². The molecule has 2 heterocycles. The van der Waals surface area contributed by atoms with Crippen LogP contribution in [0.25, 0.3) is 0 Å². The maximum atomic E-state index is 12.0. The predicted octanol–water partition coefficient (Wildman–Crippen LogP) is 2.15. The van der Waals surface area contributed by atoms with E-state index in [9.17, 15) is 9.59 Å². The summed E-state index contributed by atoms with van der Waals surface area (Å²) in [7, 11) is 0. The van der Waals surface area contributed by atoms with E-state index in [2.05, 4.69) is 0 Å². The normalized spacial score (nSPS) is 24.4. The van der Waals surface area contributed by atoms with E-state index in [0.29, 0.717) is 19.7 Å². The molecule has 0 aromatic rings. The van der Waals surface area contributed by atoms with Gasteiger partial charge in [-0.2, -0.15) is 11.8 Å². The molecule has 0 unspecified atom stereocenters. The summed E-state index contributed by atoms with van der Waals surface area (Å²) in [5.41, 5.74) is -0.585. The lowest BCUT2D eigenvalue weighted by Gasteiger charge is -2.49. The number of hydrogen-bond acceptors (Lipinski definition) is 5. The van der Waals surface area contributed by atoms with E-state index in [0.717, 1.165) is 11.5 Å². The minimum Gasteiger partial charge on any atom is -0.466 e. The molecule has 0 N–H and O–H groups in total. The minimum atomic E-state index is -0.481. The Morgan fingerprint density at radius 2 is 2.00 bits per heavy atom. The van der Waals surface area contributed by atoms with Gasteiger partial charge in [0.25, 0.3) is 0 Å². The standard InChI is InChI=1S/C14H23NO4S/c1-5-18-11(16)10-6-20-9-14(10)7-15(8-14)12(17)19-13(2,3)4/h10H,5-9H2,1-4H3/t10-/m1/s1. The van der Waals surface area contributed by atoms with Crippen molar-refractivity contribution in [2.75, 3.05) is 31.2 Å². The van der Waals surface area contributed by atoms with Crippen LogP contribution in [0.5, 0.6) is 0 Å². The van der Waals surface area contributed by atoms with Crippen molar-refractivity contribution in [1.82, 2.24) is 4.90 Å². The Morgan fingerprint density at radius 3 is 2.55 bits per heavy atom. The van der Waals surface area contributed by atoms with Crippen LogP contribution in [0, 0.1) is 11.3 Å². The zero-order chi connectivity index (χ0) is 15.0. The van der Waals surface area contributed by atoms with Crippen LogP contribution < -0.4 is 0 Å². The predicted molar refractivity (Wildman–Crippen MR) is 77.7 cm³/mol. The Kier molecular flexibility index (Phi) is 4.23. The molecule has 1 spiro atoms. The van der Waals surface area contributed by atoms with Gasteiger partial charge in [0.15, 0.2) is 0 Å². The summed E-state index contributed by atoms with van der Waals surface area (Å²) < 4.78 is 10.5. The maximum Gasteiger partial charge on any atom is 0.410 e. The molecular weight excluding hydrogens is 278 g/mol. The molecule has 0 aliphatic carbocycles. The zero-order valence-electron chi connectivity index (χ0n) is 12.6. The molecule has 1 atom stereocenters. The Labute approximate surface area is 124 Å². The molecule has 2 aliphatic heterocycles. The van der Waals surface area contributed by atoms with Crippen molar-refractivity contribution in [1.29, 1.82) is 0 Å². The number of amides is 1. The van der Waals surface area contributed by atoms with Crippen LogP contribution in [-0.2, 0) is 14.3 Å². The molecule has 2 fully saturated rings. The topological polar surface area (TPSA) is 55.8 Å². The summed E-state index contributed by atoms with van der Waals surface area (Å²) in [4.78, 5) is 25.6. The van der Waals surface area contributed by atoms with Crippen LogP contribution in [-0.4, -0.2) is 53.8 Å². The summed E-state index contributed by atoms with van der Waals surface area (Å²) >= 11 is 1.77. The number of rotatable bonds is 2. The fourth-order valence-corrected chi connectivity index (χ4v) is 4.33. The second-order valence-corrected chi connectivity index (χ2v) is 7.55. The van der Waals surface area contributed by atoms with Crippen molar-refractivity contribution in [3.63, 3.8) is 0 Å². The molecule has 2 aliphatic rings. The van der Waals surface area contributed by atoms with Gasteiger partial charge in [-0.1, -0.05) is 0 Å². The maximum absolute atomic E-state index is 12.0. The van der Waals surface area contributed by atoms with Gasteiger partial charge in [0, 0.05) is 30.0 Å². The monoisotopic (exact) mass is 301 g/mol. The van der Waals surface area contributed by atoms with Crippen LogP contribution in [0.3, 0.4) is 0 Å². The van der Waals surface area contributed by atoms with Crippen LogP contribution in [0.15, 0.2) is 0 Å². The Morgan fingerprint density at radius 1 is 1.35 bits per heavy atom. The molecule has 0 aromatic carbocycles. The average Bonchev–Trinajstić information content (AvgIpc) is 2.68. The van der Waals surface area contributed by atoms with Gasteiger partial charge < -0.3 is 14.4 Å². The van der Waals surface area contributed by atoms with Crippen molar-refractivity contribution in [2.45, 2.75) is 33.3 Å². The number of ether oxygens (including phenoxy) is 2. The first-order valence-corrected chi connectivity index (χ1v) is 8.15. The van der Waals surface area contributed by atoms with E-state index in [4.69, 9.17) is 9.47 Å².